The molecule has 190 valence electrons. The quantitative estimate of drug-likeness (QED) is 0.376. The number of anilines is 1. The van der Waals surface area contributed by atoms with Crippen LogP contribution in [0.15, 0.2) is 77.7 Å². The first-order chi connectivity index (χ1) is 17.8. The Hall–Kier alpha value is -4.02. The van der Waals surface area contributed by atoms with Crippen LogP contribution in [0, 0.1) is 0 Å². The number of fused-ring (bicyclic) bond motifs is 2. The normalized spacial score (nSPS) is 17.1. The summed E-state index contributed by atoms with van der Waals surface area (Å²) in [6, 6.07) is 19.3. The molecule has 0 spiro atoms. The van der Waals surface area contributed by atoms with Crippen LogP contribution in [0.2, 0.25) is 0 Å². The molecule has 5 rings (SSSR count). The summed E-state index contributed by atoms with van der Waals surface area (Å²) in [4.78, 5) is 37.2. The highest BCUT2D eigenvalue weighted by atomic mass is 32.2. The summed E-state index contributed by atoms with van der Waals surface area (Å²) in [6.07, 6.45) is 0.273. The SMILES string of the molecule is O=C1COc2ccc(C(=O)COC(=O)CC3c4ccccc4CCN3S(=O)(=O)c3ccccc3)cc2N1. The zero-order chi connectivity index (χ0) is 26.0. The fourth-order valence-corrected chi connectivity index (χ4v) is 6.19. The number of Topliss-reactive ketones (excluding diaryl/α,β-unsaturated/α-hetero) is 1. The van der Waals surface area contributed by atoms with Crippen molar-refractivity contribution in [2.24, 2.45) is 0 Å². The summed E-state index contributed by atoms with van der Waals surface area (Å²) in [7, 11) is -3.87. The van der Waals surface area contributed by atoms with Gasteiger partial charge in [-0.25, -0.2) is 8.42 Å². The van der Waals surface area contributed by atoms with Crippen molar-refractivity contribution in [2.45, 2.75) is 23.8 Å². The van der Waals surface area contributed by atoms with Gasteiger partial charge in [-0.1, -0.05) is 42.5 Å². The van der Waals surface area contributed by atoms with E-state index in [4.69, 9.17) is 9.47 Å². The van der Waals surface area contributed by atoms with E-state index in [1.54, 1.807) is 30.3 Å². The molecule has 1 unspecified atom stereocenters. The Morgan fingerprint density at radius 3 is 2.59 bits per heavy atom. The number of carbonyl (C=O) groups excluding carboxylic acids is 3. The molecule has 2 heterocycles. The van der Waals surface area contributed by atoms with Crippen LogP contribution >= 0.6 is 0 Å². The third-order valence-corrected chi connectivity index (χ3v) is 8.29. The maximum Gasteiger partial charge on any atom is 0.308 e. The molecular weight excluding hydrogens is 496 g/mol. The predicted octanol–water partition coefficient (Wildman–Crippen LogP) is 3.12. The highest BCUT2D eigenvalue weighted by Crippen LogP contribution is 2.36. The molecule has 10 heteroatoms. The molecule has 2 aliphatic heterocycles. The summed E-state index contributed by atoms with van der Waals surface area (Å²) in [5.74, 6) is -1.04. The van der Waals surface area contributed by atoms with E-state index in [-0.39, 0.29) is 35.9 Å². The van der Waals surface area contributed by atoms with Crippen LogP contribution in [0.25, 0.3) is 0 Å². The minimum atomic E-state index is -3.87. The Labute approximate surface area is 214 Å². The molecule has 0 bridgehead atoms. The molecule has 37 heavy (non-hydrogen) atoms. The van der Waals surface area contributed by atoms with E-state index >= 15 is 0 Å². The van der Waals surface area contributed by atoms with Gasteiger partial charge in [-0.2, -0.15) is 4.31 Å². The molecular formula is C27H24N2O7S. The Morgan fingerprint density at radius 1 is 1.03 bits per heavy atom. The molecule has 0 saturated heterocycles. The second kappa shape index (κ2) is 10.2. The van der Waals surface area contributed by atoms with Crippen LogP contribution in [0.4, 0.5) is 5.69 Å². The van der Waals surface area contributed by atoms with Gasteiger partial charge in [0, 0.05) is 12.1 Å². The van der Waals surface area contributed by atoms with Gasteiger partial charge in [0.15, 0.2) is 19.0 Å². The van der Waals surface area contributed by atoms with Gasteiger partial charge in [-0.05, 0) is 47.9 Å². The number of ether oxygens (including phenoxy) is 2. The first-order valence-corrected chi connectivity index (χ1v) is 13.2. The minimum absolute atomic E-state index is 0.0980. The molecule has 1 N–H and O–H groups in total. The van der Waals surface area contributed by atoms with Gasteiger partial charge in [0.05, 0.1) is 23.0 Å². The van der Waals surface area contributed by atoms with Crippen molar-refractivity contribution in [1.82, 2.24) is 4.31 Å². The number of esters is 1. The van der Waals surface area contributed by atoms with E-state index in [2.05, 4.69) is 5.32 Å². The minimum Gasteiger partial charge on any atom is -0.482 e. The van der Waals surface area contributed by atoms with E-state index in [9.17, 15) is 22.8 Å². The smallest absolute Gasteiger partial charge is 0.308 e. The van der Waals surface area contributed by atoms with Gasteiger partial charge in [0.1, 0.15) is 5.75 Å². The first kappa shape index (κ1) is 24.7. The van der Waals surface area contributed by atoms with Gasteiger partial charge < -0.3 is 14.8 Å². The third-order valence-electron chi connectivity index (χ3n) is 6.37. The Balaban J connectivity index is 1.32. The molecule has 0 aliphatic carbocycles. The molecule has 1 amide bonds. The summed E-state index contributed by atoms with van der Waals surface area (Å²) in [5, 5.41) is 2.63. The van der Waals surface area contributed by atoms with Crippen molar-refractivity contribution >= 4 is 33.4 Å². The van der Waals surface area contributed by atoms with Crippen LogP contribution in [0.5, 0.6) is 5.75 Å². The summed E-state index contributed by atoms with van der Waals surface area (Å²) in [5.41, 5.74) is 2.32. The van der Waals surface area contributed by atoms with Gasteiger partial charge in [-0.3, -0.25) is 14.4 Å². The Kier molecular flexibility index (Phi) is 6.77. The van der Waals surface area contributed by atoms with Crippen LogP contribution in [0.3, 0.4) is 0 Å². The Morgan fingerprint density at radius 2 is 1.78 bits per heavy atom. The molecule has 0 fully saturated rings. The molecule has 0 aromatic heterocycles. The predicted molar refractivity (Wildman–Crippen MR) is 134 cm³/mol. The molecule has 9 nitrogen and oxygen atoms in total. The van der Waals surface area contributed by atoms with Crippen molar-refractivity contribution in [3.05, 3.63) is 89.5 Å². The van der Waals surface area contributed by atoms with E-state index in [1.807, 2.05) is 18.2 Å². The number of nitrogens with zero attached hydrogens (tertiary/aromatic N) is 1. The highest BCUT2D eigenvalue weighted by molar-refractivity contribution is 7.89. The fraction of sp³-hybridized carbons (Fsp3) is 0.222. The molecule has 1 atom stereocenters. The number of sulfonamides is 1. The lowest BCUT2D eigenvalue weighted by Gasteiger charge is -2.36. The standard InChI is InChI=1S/C27H24N2O7S/c30-24(19-10-11-25-22(14-19)28-26(31)17-35-25)16-36-27(32)15-23-21-9-5-4-6-18(21)12-13-29(23)37(33,34)20-7-2-1-3-8-20/h1-11,14,23H,12-13,15-17H2,(H,28,31). The van der Waals surface area contributed by atoms with E-state index < -0.39 is 34.4 Å². The van der Waals surface area contributed by atoms with Gasteiger partial charge in [-0.15, -0.1) is 0 Å². The lowest BCUT2D eigenvalue weighted by Crippen LogP contribution is -2.41. The summed E-state index contributed by atoms with van der Waals surface area (Å²) in [6.45, 7) is -0.403. The van der Waals surface area contributed by atoms with Gasteiger partial charge in [0.25, 0.3) is 5.91 Å². The fourth-order valence-electron chi connectivity index (χ4n) is 4.56. The van der Waals surface area contributed by atoms with E-state index in [0.717, 1.165) is 11.1 Å². The van der Waals surface area contributed by atoms with Crippen LogP contribution in [-0.4, -0.2) is 50.1 Å². The van der Waals surface area contributed by atoms with Crippen LogP contribution in [0.1, 0.15) is 33.9 Å². The van der Waals surface area contributed by atoms with E-state index in [0.29, 0.717) is 17.9 Å². The Bertz CT molecular complexity index is 1470. The average Bonchev–Trinajstić information content (AvgIpc) is 2.91. The lowest BCUT2D eigenvalue weighted by molar-refractivity contribution is -0.143. The molecule has 0 radical (unpaired) electrons. The number of hydrogen-bond donors (Lipinski definition) is 1. The average molecular weight is 521 g/mol. The zero-order valence-electron chi connectivity index (χ0n) is 19.8. The van der Waals surface area contributed by atoms with Crippen molar-refractivity contribution in [3.63, 3.8) is 0 Å². The molecule has 3 aromatic carbocycles. The van der Waals surface area contributed by atoms with Gasteiger partial charge >= 0.3 is 5.97 Å². The number of benzene rings is 3. The monoisotopic (exact) mass is 520 g/mol. The maximum atomic E-state index is 13.5. The van der Waals surface area contributed by atoms with Crippen molar-refractivity contribution in [1.29, 1.82) is 0 Å². The number of nitrogens with one attached hydrogen (secondary N) is 1. The highest BCUT2D eigenvalue weighted by Gasteiger charge is 2.37. The summed E-state index contributed by atoms with van der Waals surface area (Å²) < 4.78 is 38.8. The molecule has 3 aromatic rings. The summed E-state index contributed by atoms with van der Waals surface area (Å²) >= 11 is 0. The van der Waals surface area contributed by atoms with Gasteiger partial charge in [0.2, 0.25) is 10.0 Å². The van der Waals surface area contributed by atoms with Crippen LogP contribution in [-0.2, 0) is 30.8 Å². The van der Waals surface area contributed by atoms with Crippen molar-refractivity contribution in [2.75, 3.05) is 25.1 Å². The molecule has 0 saturated carbocycles. The van der Waals surface area contributed by atoms with Crippen LogP contribution < -0.4 is 10.1 Å². The first-order valence-electron chi connectivity index (χ1n) is 11.7. The largest absolute Gasteiger partial charge is 0.482 e. The lowest BCUT2D eigenvalue weighted by atomic mass is 9.92. The maximum absolute atomic E-state index is 13.5. The van der Waals surface area contributed by atoms with Crippen molar-refractivity contribution in [3.8, 4) is 5.75 Å². The second-order valence-corrected chi connectivity index (χ2v) is 10.6. The number of carbonyl (C=O) groups is 3. The number of amides is 1. The molecule has 2 aliphatic rings. The number of rotatable bonds is 7. The van der Waals surface area contributed by atoms with E-state index in [1.165, 1.54) is 28.6 Å². The third kappa shape index (κ3) is 5.11. The second-order valence-electron chi connectivity index (χ2n) is 8.73. The number of ketones is 1. The topological polar surface area (TPSA) is 119 Å². The van der Waals surface area contributed by atoms with Crippen molar-refractivity contribution < 1.29 is 32.3 Å². The number of hydrogen-bond acceptors (Lipinski definition) is 7. The zero-order valence-corrected chi connectivity index (χ0v) is 20.6.